The average molecular weight is 479 g/mol. The van der Waals surface area contributed by atoms with Crippen LogP contribution in [0.3, 0.4) is 0 Å². The molecule has 35 heavy (non-hydrogen) atoms. The molecule has 2 amide bonds. The molecule has 186 valence electrons. The van der Waals surface area contributed by atoms with E-state index in [0.29, 0.717) is 12.5 Å². The number of carbonyl (C=O) groups is 3. The number of carboxylic acids is 1. The van der Waals surface area contributed by atoms with Crippen LogP contribution in [0.1, 0.15) is 63.0 Å². The Balaban J connectivity index is 1.24. The van der Waals surface area contributed by atoms with Gasteiger partial charge in [0.15, 0.2) is 0 Å². The van der Waals surface area contributed by atoms with E-state index >= 15 is 0 Å². The lowest BCUT2D eigenvalue weighted by Crippen LogP contribution is -2.47. The molecular formula is C28H34N2O5. The number of amides is 2. The largest absolute Gasteiger partial charge is 0.481 e. The smallest absolute Gasteiger partial charge is 0.407 e. The Bertz CT molecular complexity index is 1050. The Kier molecular flexibility index (Phi) is 7.43. The number of rotatable bonds is 9. The number of carbonyl (C=O) groups excluding carboxylic acids is 2. The molecule has 0 aliphatic heterocycles. The van der Waals surface area contributed by atoms with Gasteiger partial charge in [-0.1, -0.05) is 48.5 Å². The van der Waals surface area contributed by atoms with E-state index < -0.39 is 17.6 Å². The number of carboxylic acid groups (broad SMARTS) is 1. The Hall–Kier alpha value is -3.35. The minimum atomic E-state index is -0.770. The molecule has 7 nitrogen and oxygen atoms in total. The van der Waals surface area contributed by atoms with Gasteiger partial charge in [0, 0.05) is 30.8 Å². The molecule has 7 heteroatoms. The van der Waals surface area contributed by atoms with Crippen LogP contribution in [-0.2, 0) is 14.3 Å². The normalized spacial score (nSPS) is 19.0. The van der Waals surface area contributed by atoms with Gasteiger partial charge in [-0.3, -0.25) is 9.59 Å². The van der Waals surface area contributed by atoms with Crippen LogP contribution in [0.25, 0.3) is 11.1 Å². The zero-order chi connectivity index (χ0) is 25.0. The molecule has 1 fully saturated rings. The van der Waals surface area contributed by atoms with Crippen molar-refractivity contribution in [2.24, 2.45) is 11.8 Å². The summed E-state index contributed by atoms with van der Waals surface area (Å²) in [6, 6.07) is 16.4. The first-order valence-corrected chi connectivity index (χ1v) is 12.3. The molecule has 0 saturated heterocycles. The second-order valence-electron chi connectivity index (χ2n) is 10.5. The Morgan fingerprint density at radius 2 is 1.57 bits per heavy atom. The summed E-state index contributed by atoms with van der Waals surface area (Å²) < 4.78 is 5.61. The molecule has 2 unspecified atom stereocenters. The lowest BCUT2D eigenvalue weighted by Gasteiger charge is -2.26. The van der Waals surface area contributed by atoms with E-state index in [1.165, 1.54) is 11.1 Å². The lowest BCUT2D eigenvalue weighted by molar-refractivity contribution is -0.138. The Morgan fingerprint density at radius 3 is 2.20 bits per heavy atom. The predicted octanol–water partition coefficient (Wildman–Crippen LogP) is 4.70. The number of alkyl carbamates (subject to hydrolysis) is 1. The monoisotopic (exact) mass is 478 g/mol. The quantitative estimate of drug-likeness (QED) is 0.485. The van der Waals surface area contributed by atoms with Gasteiger partial charge >= 0.3 is 12.1 Å². The molecule has 3 N–H and O–H groups in total. The van der Waals surface area contributed by atoms with E-state index in [1.807, 2.05) is 24.3 Å². The third kappa shape index (κ3) is 6.21. The summed E-state index contributed by atoms with van der Waals surface area (Å²) in [7, 11) is 0. The topological polar surface area (TPSA) is 105 Å². The van der Waals surface area contributed by atoms with Gasteiger partial charge in [-0.05, 0) is 67.2 Å². The number of hydrogen-bond donors (Lipinski definition) is 3. The summed E-state index contributed by atoms with van der Waals surface area (Å²) in [6.45, 7) is 4.36. The number of hydrogen-bond acceptors (Lipinski definition) is 4. The molecule has 2 aliphatic rings. The fourth-order valence-corrected chi connectivity index (χ4v) is 5.47. The summed E-state index contributed by atoms with van der Waals surface area (Å²) in [5.74, 6) is -0.421. The number of benzene rings is 2. The maximum Gasteiger partial charge on any atom is 0.407 e. The van der Waals surface area contributed by atoms with Gasteiger partial charge in [-0.15, -0.1) is 0 Å². The van der Waals surface area contributed by atoms with Crippen molar-refractivity contribution in [3.63, 3.8) is 0 Å². The van der Waals surface area contributed by atoms with Crippen LogP contribution in [0.2, 0.25) is 0 Å². The fourth-order valence-electron chi connectivity index (χ4n) is 5.47. The second kappa shape index (κ2) is 10.5. The second-order valence-corrected chi connectivity index (χ2v) is 10.5. The molecule has 2 atom stereocenters. The number of nitrogens with one attached hydrogen (secondary N) is 2. The van der Waals surface area contributed by atoms with E-state index in [0.717, 1.165) is 30.4 Å². The predicted molar refractivity (Wildman–Crippen MR) is 133 cm³/mol. The van der Waals surface area contributed by atoms with Crippen molar-refractivity contribution < 1.29 is 24.2 Å². The van der Waals surface area contributed by atoms with Crippen LogP contribution >= 0.6 is 0 Å². The number of fused-ring (bicyclic) bond motifs is 3. The first-order valence-electron chi connectivity index (χ1n) is 12.3. The van der Waals surface area contributed by atoms with Crippen molar-refractivity contribution in [3.05, 3.63) is 59.7 Å². The van der Waals surface area contributed by atoms with Crippen molar-refractivity contribution >= 4 is 18.0 Å². The summed E-state index contributed by atoms with van der Waals surface area (Å²) in [6.07, 6.45) is 2.43. The average Bonchev–Trinajstić information content (AvgIpc) is 3.37. The Labute approximate surface area is 206 Å². The molecule has 1 saturated carbocycles. The van der Waals surface area contributed by atoms with Gasteiger partial charge < -0.3 is 20.5 Å². The highest BCUT2D eigenvalue weighted by Crippen LogP contribution is 2.44. The van der Waals surface area contributed by atoms with Crippen molar-refractivity contribution in [1.29, 1.82) is 0 Å². The summed E-state index contributed by atoms with van der Waals surface area (Å²) in [5.41, 5.74) is 3.88. The molecular weight excluding hydrogens is 444 g/mol. The van der Waals surface area contributed by atoms with Gasteiger partial charge in [0.1, 0.15) is 6.61 Å². The van der Waals surface area contributed by atoms with E-state index in [9.17, 15) is 14.4 Å². The summed E-state index contributed by atoms with van der Waals surface area (Å²) in [5, 5.41) is 14.7. The van der Waals surface area contributed by atoms with Gasteiger partial charge in [-0.25, -0.2) is 4.79 Å². The van der Waals surface area contributed by atoms with Gasteiger partial charge in [0.2, 0.25) is 5.91 Å². The lowest BCUT2D eigenvalue weighted by atomic mass is 9.98. The standard InChI is InChI=1S/C28H34N2O5/c1-28(2,15-25(31)29-16-19-12-11-18(13-19)14-26(32)33)30-27(34)35-17-24-22-9-5-3-7-20(22)21-8-4-6-10-23(21)24/h3-10,18-19,24H,11-17H2,1-2H3,(H,29,31)(H,30,34)(H,32,33). The highest BCUT2D eigenvalue weighted by atomic mass is 16.5. The number of aliphatic carboxylic acids is 1. The fraction of sp³-hybridized carbons (Fsp3) is 0.464. The van der Waals surface area contributed by atoms with E-state index in [-0.39, 0.29) is 37.2 Å². The maximum atomic E-state index is 12.6. The Morgan fingerprint density at radius 1 is 0.971 bits per heavy atom. The van der Waals surface area contributed by atoms with Crippen LogP contribution in [0.5, 0.6) is 0 Å². The zero-order valence-corrected chi connectivity index (χ0v) is 20.4. The van der Waals surface area contributed by atoms with Crippen LogP contribution < -0.4 is 10.6 Å². The number of ether oxygens (including phenoxy) is 1. The molecule has 0 aromatic heterocycles. The van der Waals surface area contributed by atoms with E-state index in [4.69, 9.17) is 9.84 Å². The van der Waals surface area contributed by atoms with Crippen molar-refractivity contribution in [2.75, 3.05) is 13.2 Å². The van der Waals surface area contributed by atoms with Crippen molar-refractivity contribution in [3.8, 4) is 11.1 Å². The maximum absolute atomic E-state index is 12.6. The van der Waals surface area contributed by atoms with Crippen LogP contribution in [0, 0.1) is 11.8 Å². The third-order valence-electron chi connectivity index (χ3n) is 7.09. The van der Waals surface area contributed by atoms with E-state index in [2.05, 4.69) is 34.9 Å². The van der Waals surface area contributed by atoms with Crippen molar-refractivity contribution in [1.82, 2.24) is 10.6 Å². The van der Waals surface area contributed by atoms with Gasteiger partial charge in [0.25, 0.3) is 0 Å². The highest BCUT2D eigenvalue weighted by molar-refractivity contribution is 5.80. The summed E-state index contributed by atoms with van der Waals surface area (Å²) >= 11 is 0. The molecule has 2 aromatic rings. The zero-order valence-electron chi connectivity index (χ0n) is 20.4. The van der Waals surface area contributed by atoms with Gasteiger partial charge in [-0.2, -0.15) is 0 Å². The molecule has 0 bridgehead atoms. The molecule has 0 radical (unpaired) electrons. The first kappa shape index (κ1) is 24.8. The first-order chi connectivity index (χ1) is 16.7. The third-order valence-corrected chi connectivity index (χ3v) is 7.09. The van der Waals surface area contributed by atoms with Crippen molar-refractivity contribution in [2.45, 2.75) is 57.4 Å². The van der Waals surface area contributed by atoms with Gasteiger partial charge in [0.05, 0.1) is 0 Å². The minimum Gasteiger partial charge on any atom is -0.481 e. The molecule has 4 rings (SSSR count). The van der Waals surface area contributed by atoms with Crippen LogP contribution in [-0.4, -0.2) is 41.8 Å². The minimum absolute atomic E-state index is 0.0177. The molecule has 0 spiro atoms. The van der Waals surface area contributed by atoms with E-state index in [1.54, 1.807) is 13.8 Å². The molecule has 0 heterocycles. The van der Waals surface area contributed by atoms with Crippen LogP contribution in [0.4, 0.5) is 4.79 Å². The molecule has 2 aliphatic carbocycles. The highest BCUT2D eigenvalue weighted by Gasteiger charge is 2.31. The van der Waals surface area contributed by atoms with Crippen LogP contribution in [0.15, 0.2) is 48.5 Å². The summed E-state index contributed by atoms with van der Waals surface area (Å²) in [4.78, 5) is 36.0. The SMILES string of the molecule is CC(C)(CC(=O)NCC1CCC(CC(=O)O)C1)NC(=O)OCC1c2ccccc2-c2ccccc21. The molecule has 2 aromatic carbocycles.